The van der Waals surface area contributed by atoms with Crippen molar-refractivity contribution in [2.75, 3.05) is 5.75 Å². The van der Waals surface area contributed by atoms with Crippen LogP contribution in [0.4, 0.5) is 4.39 Å². The highest BCUT2D eigenvalue weighted by molar-refractivity contribution is 7.99. The zero-order valence-electron chi connectivity index (χ0n) is 15.9. The highest BCUT2D eigenvalue weighted by Crippen LogP contribution is 2.28. The molecular weight excluding hydrogens is 399 g/mol. The second kappa shape index (κ2) is 7.76. The molecule has 0 aliphatic heterocycles. The van der Waals surface area contributed by atoms with E-state index in [-0.39, 0.29) is 24.0 Å². The van der Waals surface area contributed by atoms with Crippen molar-refractivity contribution < 1.29 is 9.18 Å². The molecule has 148 valence electrons. The van der Waals surface area contributed by atoms with Gasteiger partial charge in [0.15, 0.2) is 5.16 Å². The van der Waals surface area contributed by atoms with Gasteiger partial charge in [-0.3, -0.25) is 9.20 Å². The summed E-state index contributed by atoms with van der Waals surface area (Å²) in [4.78, 5) is 22.0. The number of carbonyl (C=O) groups excluding carboxylic acids is 1. The first-order valence-electron chi connectivity index (χ1n) is 9.49. The number of nitrogens with one attached hydrogen (secondary N) is 1. The molecule has 0 fully saturated rings. The summed E-state index contributed by atoms with van der Waals surface area (Å²) >= 11 is 1.36. The number of para-hydroxylation sites is 3. The minimum absolute atomic E-state index is 0.142. The summed E-state index contributed by atoms with van der Waals surface area (Å²) < 4.78 is 15.3. The standard InChI is InChI=1S/C23H17FN4OS/c24-16-7-5-6-15(12-16)13-25-21(29)14-30-23-27-18-9-2-1-8-17(18)22-26-19-10-3-4-11-20(19)28(22)23/h1-12H,13-14H2,(H,25,29). The molecule has 0 radical (unpaired) electrons. The molecule has 0 aliphatic carbocycles. The Kier molecular flexibility index (Phi) is 4.80. The molecule has 0 saturated carbocycles. The fraction of sp³-hybridized carbons (Fsp3) is 0.0870. The zero-order chi connectivity index (χ0) is 20.5. The molecule has 5 nitrogen and oxygen atoms in total. The summed E-state index contributed by atoms with van der Waals surface area (Å²) in [5.74, 6) is -0.259. The van der Waals surface area contributed by atoms with Crippen LogP contribution in [-0.2, 0) is 11.3 Å². The lowest BCUT2D eigenvalue weighted by molar-refractivity contribution is -0.118. The van der Waals surface area contributed by atoms with Crippen molar-refractivity contribution in [2.45, 2.75) is 11.7 Å². The molecule has 1 N–H and O–H groups in total. The van der Waals surface area contributed by atoms with E-state index in [2.05, 4.69) is 5.32 Å². The van der Waals surface area contributed by atoms with Crippen molar-refractivity contribution in [3.05, 3.63) is 84.2 Å². The van der Waals surface area contributed by atoms with Crippen molar-refractivity contribution in [2.24, 2.45) is 0 Å². The van der Waals surface area contributed by atoms with Crippen molar-refractivity contribution in [1.82, 2.24) is 19.7 Å². The molecule has 5 rings (SSSR count). The number of amides is 1. The number of fused-ring (bicyclic) bond motifs is 5. The molecule has 5 aromatic rings. The van der Waals surface area contributed by atoms with Crippen LogP contribution in [0.25, 0.3) is 27.6 Å². The molecule has 0 atom stereocenters. The maximum Gasteiger partial charge on any atom is 0.230 e. The molecule has 1 amide bonds. The van der Waals surface area contributed by atoms with Crippen LogP contribution in [-0.4, -0.2) is 26.0 Å². The largest absolute Gasteiger partial charge is 0.351 e. The number of aromatic nitrogens is 3. The SMILES string of the molecule is O=C(CSc1nc2ccccc2c2nc3ccccc3n12)NCc1cccc(F)c1. The second-order valence-electron chi connectivity index (χ2n) is 6.87. The van der Waals surface area contributed by atoms with Crippen LogP contribution in [0.15, 0.2) is 78.0 Å². The summed E-state index contributed by atoms with van der Waals surface area (Å²) in [5.41, 5.74) is 4.22. The van der Waals surface area contributed by atoms with Gasteiger partial charge >= 0.3 is 0 Å². The first kappa shape index (κ1) is 18.6. The van der Waals surface area contributed by atoms with Crippen LogP contribution in [0, 0.1) is 5.82 Å². The van der Waals surface area contributed by atoms with E-state index in [4.69, 9.17) is 9.97 Å². The number of hydrogen-bond donors (Lipinski definition) is 1. The summed E-state index contributed by atoms with van der Waals surface area (Å²) in [5, 5.41) is 4.51. The van der Waals surface area contributed by atoms with Crippen LogP contribution in [0.3, 0.4) is 0 Å². The van der Waals surface area contributed by atoms with E-state index in [1.165, 1.54) is 23.9 Å². The fourth-order valence-electron chi connectivity index (χ4n) is 3.44. The number of imidazole rings is 1. The van der Waals surface area contributed by atoms with E-state index in [0.717, 1.165) is 33.1 Å². The van der Waals surface area contributed by atoms with Gasteiger partial charge in [-0.15, -0.1) is 0 Å². The Morgan fingerprint density at radius 2 is 1.77 bits per heavy atom. The van der Waals surface area contributed by atoms with Crippen molar-refractivity contribution >= 4 is 45.3 Å². The Morgan fingerprint density at radius 1 is 0.967 bits per heavy atom. The van der Waals surface area contributed by atoms with Crippen molar-refractivity contribution in [3.63, 3.8) is 0 Å². The van der Waals surface area contributed by atoms with E-state index >= 15 is 0 Å². The number of nitrogens with zero attached hydrogens (tertiary/aromatic N) is 3. The Labute approximate surface area is 176 Å². The second-order valence-corrected chi connectivity index (χ2v) is 7.81. The summed E-state index contributed by atoms with van der Waals surface area (Å²) in [6, 6.07) is 22.0. The highest BCUT2D eigenvalue weighted by Gasteiger charge is 2.15. The molecular formula is C23H17FN4OS. The van der Waals surface area contributed by atoms with Gasteiger partial charge in [-0.2, -0.15) is 0 Å². The molecule has 7 heteroatoms. The average Bonchev–Trinajstić information content (AvgIpc) is 3.16. The first-order valence-corrected chi connectivity index (χ1v) is 10.5. The summed E-state index contributed by atoms with van der Waals surface area (Å²) in [6.07, 6.45) is 0. The van der Waals surface area contributed by atoms with E-state index in [1.807, 2.05) is 52.9 Å². The number of halogens is 1. The van der Waals surface area contributed by atoms with Gasteiger partial charge in [0.25, 0.3) is 0 Å². The molecule has 0 aliphatic rings. The topological polar surface area (TPSA) is 59.3 Å². The number of hydrogen-bond acceptors (Lipinski definition) is 4. The van der Waals surface area contributed by atoms with Gasteiger partial charge in [-0.05, 0) is 42.0 Å². The lowest BCUT2D eigenvalue weighted by Gasteiger charge is -2.09. The Bertz CT molecular complexity index is 1400. The Morgan fingerprint density at radius 3 is 2.63 bits per heavy atom. The lowest BCUT2D eigenvalue weighted by atomic mass is 10.2. The third-order valence-electron chi connectivity index (χ3n) is 4.82. The van der Waals surface area contributed by atoms with Crippen LogP contribution < -0.4 is 5.32 Å². The zero-order valence-corrected chi connectivity index (χ0v) is 16.7. The minimum atomic E-state index is -0.314. The van der Waals surface area contributed by atoms with E-state index in [1.54, 1.807) is 12.1 Å². The van der Waals surface area contributed by atoms with Crippen LogP contribution in [0.5, 0.6) is 0 Å². The number of rotatable bonds is 5. The molecule has 0 bridgehead atoms. The van der Waals surface area contributed by atoms with Crippen molar-refractivity contribution in [3.8, 4) is 0 Å². The minimum Gasteiger partial charge on any atom is -0.351 e. The quantitative estimate of drug-likeness (QED) is 0.336. The van der Waals surface area contributed by atoms with Crippen molar-refractivity contribution in [1.29, 1.82) is 0 Å². The monoisotopic (exact) mass is 416 g/mol. The van der Waals surface area contributed by atoms with Gasteiger partial charge in [0.05, 0.1) is 22.3 Å². The van der Waals surface area contributed by atoms with Gasteiger partial charge < -0.3 is 5.32 Å². The normalized spacial score (nSPS) is 11.4. The number of carbonyl (C=O) groups is 1. The van der Waals surface area contributed by atoms with Gasteiger partial charge in [-0.25, -0.2) is 14.4 Å². The van der Waals surface area contributed by atoms with Crippen LogP contribution >= 0.6 is 11.8 Å². The number of thioether (sulfide) groups is 1. The predicted molar refractivity (Wildman–Crippen MR) is 117 cm³/mol. The third-order valence-corrected chi connectivity index (χ3v) is 5.76. The maximum atomic E-state index is 13.3. The lowest BCUT2D eigenvalue weighted by Crippen LogP contribution is -2.24. The predicted octanol–water partition coefficient (Wildman–Crippen LogP) is 4.58. The molecule has 0 unspecified atom stereocenters. The molecule has 2 aromatic heterocycles. The van der Waals surface area contributed by atoms with Gasteiger partial charge in [-0.1, -0.05) is 48.2 Å². The Balaban J connectivity index is 1.44. The molecule has 30 heavy (non-hydrogen) atoms. The van der Waals surface area contributed by atoms with Crippen LogP contribution in [0.2, 0.25) is 0 Å². The molecule has 2 heterocycles. The van der Waals surface area contributed by atoms with Gasteiger partial charge in [0.2, 0.25) is 5.91 Å². The number of benzene rings is 3. The van der Waals surface area contributed by atoms with E-state index in [0.29, 0.717) is 5.16 Å². The molecule has 0 saturated heterocycles. The molecule has 3 aromatic carbocycles. The summed E-state index contributed by atoms with van der Waals surface area (Å²) in [6.45, 7) is 0.283. The first-order chi connectivity index (χ1) is 14.7. The van der Waals surface area contributed by atoms with Gasteiger partial charge in [0, 0.05) is 11.9 Å². The van der Waals surface area contributed by atoms with E-state index in [9.17, 15) is 9.18 Å². The average molecular weight is 416 g/mol. The maximum absolute atomic E-state index is 13.3. The van der Waals surface area contributed by atoms with Gasteiger partial charge in [0.1, 0.15) is 11.5 Å². The highest BCUT2D eigenvalue weighted by atomic mass is 32.2. The smallest absolute Gasteiger partial charge is 0.230 e. The molecule has 0 spiro atoms. The van der Waals surface area contributed by atoms with Crippen LogP contribution in [0.1, 0.15) is 5.56 Å². The van der Waals surface area contributed by atoms with E-state index < -0.39 is 0 Å². The fourth-order valence-corrected chi connectivity index (χ4v) is 4.28. The summed E-state index contributed by atoms with van der Waals surface area (Å²) in [7, 11) is 0. The third kappa shape index (κ3) is 3.48. The Hall–Kier alpha value is -3.45.